The van der Waals surface area contributed by atoms with Gasteiger partial charge in [-0.1, -0.05) is 117 Å². The van der Waals surface area contributed by atoms with Gasteiger partial charge in [-0.15, -0.1) is 11.3 Å². The summed E-state index contributed by atoms with van der Waals surface area (Å²) < 4.78 is 9.12. The van der Waals surface area contributed by atoms with Crippen molar-refractivity contribution in [3.05, 3.63) is 175 Å². The van der Waals surface area contributed by atoms with Gasteiger partial charge in [-0.2, -0.15) is 0 Å². The average Bonchev–Trinajstić information content (AvgIpc) is 3.83. The van der Waals surface area contributed by atoms with Crippen LogP contribution in [0.3, 0.4) is 0 Å². The van der Waals surface area contributed by atoms with Crippen LogP contribution in [0.1, 0.15) is 25.0 Å². The number of fused-ring (bicyclic) bond motifs is 11. The van der Waals surface area contributed by atoms with Crippen molar-refractivity contribution in [2.24, 2.45) is 0 Å². The van der Waals surface area contributed by atoms with Crippen molar-refractivity contribution < 1.29 is 4.42 Å². The summed E-state index contributed by atoms with van der Waals surface area (Å²) in [5, 5.41) is 7.49. The van der Waals surface area contributed by atoms with E-state index in [1.54, 1.807) is 0 Å². The second kappa shape index (κ2) is 10.9. The highest BCUT2D eigenvalue weighted by Crippen LogP contribution is 2.55. The summed E-state index contributed by atoms with van der Waals surface area (Å²) in [6, 6.07) is 59.7. The third-order valence-electron chi connectivity index (χ3n) is 11.2. The van der Waals surface area contributed by atoms with E-state index in [0.29, 0.717) is 0 Å². The molecular formula is C49H33NOS. The Morgan fingerprint density at radius 1 is 0.500 bits per heavy atom. The van der Waals surface area contributed by atoms with Gasteiger partial charge in [-0.3, -0.25) is 0 Å². The quantitative estimate of drug-likeness (QED) is 0.184. The minimum absolute atomic E-state index is 0.190. The molecule has 0 bridgehead atoms. The highest BCUT2D eigenvalue weighted by molar-refractivity contribution is 7.25. The molecule has 0 saturated heterocycles. The lowest BCUT2D eigenvalue weighted by molar-refractivity contribution is 0.666. The number of benzene rings is 8. The third-order valence-corrected chi connectivity index (χ3v) is 12.4. The SMILES string of the molecule is CC1(C)c2cc(N(c3ccc(-c4ccc5ccccc5c4)cc3)c3cccc4oc5ccccc5c34)ccc2-c2ccc3sc4ccccc4c3c21. The molecule has 1 aliphatic carbocycles. The van der Waals surface area contributed by atoms with E-state index >= 15 is 0 Å². The smallest absolute Gasteiger partial charge is 0.137 e. The Morgan fingerprint density at radius 3 is 2.10 bits per heavy atom. The van der Waals surface area contributed by atoms with Crippen molar-refractivity contribution in [2.75, 3.05) is 4.90 Å². The minimum Gasteiger partial charge on any atom is -0.456 e. The fourth-order valence-corrected chi connectivity index (χ4v) is 9.90. The summed E-state index contributed by atoms with van der Waals surface area (Å²) in [4.78, 5) is 2.42. The first-order chi connectivity index (χ1) is 25.5. The van der Waals surface area contributed by atoms with Gasteiger partial charge < -0.3 is 9.32 Å². The van der Waals surface area contributed by atoms with Gasteiger partial charge in [0.2, 0.25) is 0 Å². The van der Waals surface area contributed by atoms with Crippen molar-refractivity contribution in [2.45, 2.75) is 19.3 Å². The minimum atomic E-state index is -0.190. The Kier molecular flexibility index (Phi) is 6.21. The molecule has 0 amide bonds. The van der Waals surface area contributed by atoms with Crippen LogP contribution in [0.2, 0.25) is 0 Å². The fourth-order valence-electron chi connectivity index (χ4n) is 8.79. The van der Waals surface area contributed by atoms with Gasteiger partial charge in [0.05, 0.1) is 11.1 Å². The average molecular weight is 684 g/mol. The number of anilines is 3. The third kappa shape index (κ3) is 4.23. The molecule has 0 fully saturated rings. The summed E-state index contributed by atoms with van der Waals surface area (Å²) in [5.74, 6) is 0. The van der Waals surface area contributed by atoms with Crippen LogP contribution in [0.4, 0.5) is 17.1 Å². The van der Waals surface area contributed by atoms with Gasteiger partial charge in [0.1, 0.15) is 11.2 Å². The number of rotatable bonds is 4. The first-order valence-electron chi connectivity index (χ1n) is 17.9. The molecule has 2 nitrogen and oxygen atoms in total. The Hall–Kier alpha value is -6.16. The van der Waals surface area contributed by atoms with Gasteiger partial charge in [-0.05, 0) is 105 Å². The van der Waals surface area contributed by atoms with Gasteiger partial charge in [0.15, 0.2) is 0 Å². The molecule has 0 N–H and O–H groups in total. The van der Waals surface area contributed by atoms with E-state index in [1.165, 1.54) is 64.3 Å². The molecule has 2 heterocycles. The zero-order valence-electron chi connectivity index (χ0n) is 28.9. The van der Waals surface area contributed by atoms with Crippen LogP contribution in [0.15, 0.2) is 168 Å². The number of thiophene rings is 1. The Labute approximate surface area is 305 Å². The summed E-state index contributed by atoms with van der Waals surface area (Å²) in [7, 11) is 0. The normalized spacial score (nSPS) is 13.3. The topological polar surface area (TPSA) is 16.4 Å². The van der Waals surface area contributed by atoms with Crippen molar-refractivity contribution in [1.29, 1.82) is 0 Å². The summed E-state index contributed by atoms with van der Waals surface area (Å²) in [6.45, 7) is 4.81. The van der Waals surface area contributed by atoms with Crippen LogP contribution in [-0.4, -0.2) is 0 Å². The van der Waals surface area contributed by atoms with Crippen LogP contribution in [0.5, 0.6) is 0 Å². The maximum absolute atomic E-state index is 6.42. The molecule has 0 unspecified atom stereocenters. The van der Waals surface area contributed by atoms with E-state index in [2.05, 4.69) is 176 Å². The van der Waals surface area contributed by atoms with Crippen LogP contribution in [0, 0.1) is 0 Å². The molecule has 10 aromatic rings. The van der Waals surface area contributed by atoms with Gasteiger partial charge in [0, 0.05) is 42.3 Å². The van der Waals surface area contributed by atoms with Crippen LogP contribution in [0.25, 0.3) is 75.1 Å². The second-order valence-electron chi connectivity index (χ2n) is 14.5. The highest BCUT2D eigenvalue weighted by atomic mass is 32.1. The lowest BCUT2D eigenvalue weighted by Crippen LogP contribution is -2.17. The van der Waals surface area contributed by atoms with E-state index < -0.39 is 0 Å². The number of para-hydroxylation sites is 1. The fraction of sp³-hybridized carbons (Fsp3) is 0.0612. The molecule has 11 rings (SSSR count). The molecular weight excluding hydrogens is 651 g/mol. The molecule has 0 spiro atoms. The predicted molar refractivity (Wildman–Crippen MR) is 222 cm³/mol. The Balaban J connectivity index is 1.11. The molecule has 0 atom stereocenters. The number of furan rings is 1. The molecule has 0 saturated carbocycles. The van der Waals surface area contributed by atoms with Crippen molar-refractivity contribution in [1.82, 2.24) is 0 Å². The van der Waals surface area contributed by atoms with E-state index in [4.69, 9.17) is 4.42 Å². The summed E-state index contributed by atoms with van der Waals surface area (Å²) >= 11 is 1.90. The monoisotopic (exact) mass is 683 g/mol. The Morgan fingerprint density at radius 2 is 1.21 bits per heavy atom. The maximum Gasteiger partial charge on any atom is 0.137 e. The van der Waals surface area contributed by atoms with Crippen LogP contribution < -0.4 is 4.90 Å². The number of hydrogen-bond donors (Lipinski definition) is 0. The van der Waals surface area contributed by atoms with E-state index in [0.717, 1.165) is 39.0 Å². The molecule has 0 radical (unpaired) electrons. The van der Waals surface area contributed by atoms with Crippen LogP contribution >= 0.6 is 11.3 Å². The Bertz CT molecular complexity index is 3050. The first kappa shape index (κ1) is 29.6. The summed E-state index contributed by atoms with van der Waals surface area (Å²) in [5.41, 5.74) is 12.8. The van der Waals surface area contributed by atoms with Gasteiger partial charge in [-0.25, -0.2) is 0 Å². The molecule has 1 aliphatic rings. The first-order valence-corrected chi connectivity index (χ1v) is 18.7. The zero-order chi connectivity index (χ0) is 34.6. The molecule has 246 valence electrons. The lowest BCUT2D eigenvalue weighted by Gasteiger charge is -2.29. The number of hydrogen-bond acceptors (Lipinski definition) is 3. The second-order valence-corrected chi connectivity index (χ2v) is 15.6. The van der Waals surface area contributed by atoms with Crippen LogP contribution in [-0.2, 0) is 5.41 Å². The van der Waals surface area contributed by atoms with Crippen molar-refractivity contribution in [3.8, 4) is 22.3 Å². The van der Waals surface area contributed by atoms with Gasteiger partial charge >= 0.3 is 0 Å². The van der Waals surface area contributed by atoms with Crippen molar-refractivity contribution in [3.63, 3.8) is 0 Å². The zero-order valence-corrected chi connectivity index (χ0v) is 29.7. The number of nitrogens with zero attached hydrogens (tertiary/aromatic N) is 1. The molecule has 52 heavy (non-hydrogen) atoms. The molecule has 0 aliphatic heterocycles. The maximum atomic E-state index is 6.42. The standard InChI is InChI=1S/C49H33NOS/c1-49(2)40-29-35(24-25-36(40)37-26-27-45-47(48(37)49)39-13-6-8-17-44(39)52-45)50(41-14-9-16-43-46(41)38-12-5-7-15-42(38)51-43)34-22-20-31(21-23-34)33-19-18-30-10-3-4-11-32(30)28-33/h3-29H,1-2H3. The van der Waals surface area contributed by atoms with E-state index in [1.807, 2.05) is 17.4 Å². The molecule has 3 heteroatoms. The lowest BCUT2D eigenvalue weighted by atomic mass is 9.80. The predicted octanol–water partition coefficient (Wildman–Crippen LogP) is 14.6. The van der Waals surface area contributed by atoms with Crippen molar-refractivity contribution >= 4 is 81.3 Å². The van der Waals surface area contributed by atoms with Gasteiger partial charge in [0.25, 0.3) is 0 Å². The molecule has 8 aromatic carbocycles. The summed E-state index contributed by atoms with van der Waals surface area (Å²) in [6.07, 6.45) is 0. The van der Waals surface area contributed by atoms with E-state index in [-0.39, 0.29) is 5.41 Å². The van der Waals surface area contributed by atoms with E-state index in [9.17, 15) is 0 Å². The highest BCUT2D eigenvalue weighted by Gasteiger charge is 2.38. The largest absolute Gasteiger partial charge is 0.456 e. The molecule has 2 aromatic heterocycles.